The fraction of sp³-hybridized carbons (Fsp3) is 0.474. The van der Waals surface area contributed by atoms with E-state index in [1.165, 1.54) is 19.1 Å². The summed E-state index contributed by atoms with van der Waals surface area (Å²) in [5.74, 6) is -1.75. The Labute approximate surface area is 157 Å². The van der Waals surface area contributed by atoms with Gasteiger partial charge in [-0.2, -0.15) is 0 Å². The number of nitrogens with zero attached hydrogens (tertiary/aromatic N) is 2. The quantitative estimate of drug-likeness (QED) is 0.553. The van der Waals surface area contributed by atoms with E-state index in [9.17, 15) is 19.2 Å². The predicted molar refractivity (Wildman–Crippen MR) is 93.9 cm³/mol. The van der Waals surface area contributed by atoms with E-state index in [0.717, 1.165) is 0 Å². The average Bonchev–Trinajstić information content (AvgIpc) is 2.95. The van der Waals surface area contributed by atoms with Gasteiger partial charge in [-0.1, -0.05) is 12.1 Å². The fourth-order valence-electron chi connectivity index (χ4n) is 3.72. The van der Waals surface area contributed by atoms with Crippen molar-refractivity contribution < 1.29 is 28.7 Å². The molecule has 0 aromatic heterocycles. The highest BCUT2D eigenvalue weighted by Gasteiger charge is 2.39. The van der Waals surface area contributed by atoms with Gasteiger partial charge in [0.05, 0.1) is 31.3 Å². The minimum absolute atomic E-state index is 0.133. The molecule has 27 heavy (non-hydrogen) atoms. The van der Waals surface area contributed by atoms with E-state index in [2.05, 4.69) is 0 Å². The third kappa shape index (κ3) is 3.57. The lowest BCUT2D eigenvalue weighted by atomic mass is 9.92. The summed E-state index contributed by atoms with van der Waals surface area (Å²) in [4.78, 5) is 51.9. The summed E-state index contributed by atoms with van der Waals surface area (Å²) in [5.41, 5.74) is 0.774. The van der Waals surface area contributed by atoms with E-state index in [4.69, 9.17) is 9.47 Å². The van der Waals surface area contributed by atoms with Crippen LogP contribution in [-0.4, -0.2) is 73.4 Å². The number of methoxy groups -OCH3 is 2. The molecule has 0 saturated carbocycles. The van der Waals surface area contributed by atoms with Crippen LogP contribution in [0.1, 0.15) is 33.6 Å². The summed E-state index contributed by atoms with van der Waals surface area (Å²) < 4.78 is 9.68. The van der Waals surface area contributed by atoms with Crippen LogP contribution in [0.4, 0.5) is 0 Å². The molecular formula is C19H22N2O6. The standard InChI is InChI=1S/C19H22N2O6/c1-26-18(24)12-7-8-15(19(25)27-2)20(11-12)9-10-21-16(22)13-5-3-4-6-14(13)17(21)23/h3-6,12,15H,7-11H2,1-2H3. The normalized spacial score (nSPS) is 22.5. The van der Waals surface area contributed by atoms with Gasteiger partial charge >= 0.3 is 11.9 Å². The van der Waals surface area contributed by atoms with Gasteiger partial charge in [0, 0.05) is 19.6 Å². The van der Waals surface area contributed by atoms with Gasteiger partial charge in [-0.15, -0.1) is 0 Å². The number of benzene rings is 1. The van der Waals surface area contributed by atoms with Gasteiger partial charge in [-0.25, -0.2) is 0 Å². The molecule has 1 aromatic rings. The highest BCUT2D eigenvalue weighted by molar-refractivity contribution is 6.21. The molecule has 2 heterocycles. The van der Waals surface area contributed by atoms with Gasteiger partial charge in [0.15, 0.2) is 0 Å². The number of hydrogen-bond acceptors (Lipinski definition) is 7. The Kier molecular flexibility index (Phi) is 5.55. The van der Waals surface area contributed by atoms with Crippen molar-refractivity contribution in [3.05, 3.63) is 35.4 Å². The first-order valence-electron chi connectivity index (χ1n) is 8.82. The molecule has 2 atom stereocenters. The molecular weight excluding hydrogens is 352 g/mol. The van der Waals surface area contributed by atoms with Crippen molar-refractivity contribution >= 4 is 23.8 Å². The highest BCUT2D eigenvalue weighted by Crippen LogP contribution is 2.26. The lowest BCUT2D eigenvalue weighted by Gasteiger charge is -2.37. The van der Waals surface area contributed by atoms with Crippen LogP contribution in [0.2, 0.25) is 0 Å². The average molecular weight is 374 g/mol. The highest BCUT2D eigenvalue weighted by atomic mass is 16.5. The number of hydrogen-bond donors (Lipinski definition) is 0. The molecule has 8 nitrogen and oxygen atoms in total. The number of imide groups is 1. The summed E-state index contributed by atoms with van der Waals surface area (Å²) in [6.07, 6.45) is 0.977. The van der Waals surface area contributed by atoms with Crippen LogP contribution >= 0.6 is 0 Å². The molecule has 0 N–H and O–H groups in total. The maximum atomic E-state index is 12.5. The zero-order valence-corrected chi connectivity index (χ0v) is 15.3. The van der Waals surface area contributed by atoms with E-state index in [0.29, 0.717) is 30.5 Å². The van der Waals surface area contributed by atoms with E-state index in [-0.39, 0.29) is 42.8 Å². The first-order chi connectivity index (χ1) is 13.0. The predicted octanol–water partition coefficient (Wildman–Crippen LogP) is 0.709. The number of rotatable bonds is 5. The van der Waals surface area contributed by atoms with Crippen LogP contribution in [0.3, 0.4) is 0 Å². The fourth-order valence-corrected chi connectivity index (χ4v) is 3.72. The largest absolute Gasteiger partial charge is 0.469 e. The number of ether oxygens (including phenoxy) is 2. The van der Waals surface area contributed by atoms with Gasteiger partial charge in [0.1, 0.15) is 6.04 Å². The second-order valence-corrected chi connectivity index (χ2v) is 6.64. The van der Waals surface area contributed by atoms with Crippen molar-refractivity contribution in [2.75, 3.05) is 33.9 Å². The molecule has 0 spiro atoms. The maximum absolute atomic E-state index is 12.5. The summed E-state index contributed by atoms with van der Waals surface area (Å²) >= 11 is 0. The number of esters is 2. The molecule has 3 rings (SSSR count). The molecule has 144 valence electrons. The molecule has 8 heteroatoms. The topological polar surface area (TPSA) is 93.2 Å². The van der Waals surface area contributed by atoms with Crippen LogP contribution in [0.25, 0.3) is 0 Å². The molecule has 1 fully saturated rings. The first kappa shape index (κ1) is 19.0. The zero-order valence-electron chi connectivity index (χ0n) is 15.3. The SMILES string of the molecule is COC(=O)C1CCC(C(=O)OC)N(CCN2C(=O)c3ccccc3C2=O)C1. The van der Waals surface area contributed by atoms with E-state index < -0.39 is 6.04 Å². The van der Waals surface area contributed by atoms with Crippen molar-refractivity contribution in [2.24, 2.45) is 5.92 Å². The van der Waals surface area contributed by atoms with Crippen LogP contribution in [-0.2, 0) is 19.1 Å². The van der Waals surface area contributed by atoms with Gasteiger partial charge in [0.2, 0.25) is 0 Å². The Morgan fingerprint density at radius 1 is 0.963 bits per heavy atom. The molecule has 0 aliphatic carbocycles. The Hall–Kier alpha value is -2.74. The minimum Gasteiger partial charge on any atom is -0.469 e. The van der Waals surface area contributed by atoms with Gasteiger partial charge in [-0.3, -0.25) is 29.0 Å². The van der Waals surface area contributed by atoms with Crippen molar-refractivity contribution in [1.82, 2.24) is 9.80 Å². The van der Waals surface area contributed by atoms with Crippen molar-refractivity contribution in [3.63, 3.8) is 0 Å². The number of amides is 2. The van der Waals surface area contributed by atoms with Crippen LogP contribution in [0.15, 0.2) is 24.3 Å². The maximum Gasteiger partial charge on any atom is 0.323 e. The van der Waals surface area contributed by atoms with Gasteiger partial charge < -0.3 is 9.47 Å². The number of fused-ring (bicyclic) bond motifs is 1. The van der Waals surface area contributed by atoms with Crippen LogP contribution in [0, 0.1) is 5.92 Å². The molecule has 2 aliphatic heterocycles. The lowest BCUT2D eigenvalue weighted by Crippen LogP contribution is -2.52. The van der Waals surface area contributed by atoms with Gasteiger partial charge in [-0.05, 0) is 25.0 Å². The minimum atomic E-state index is -0.508. The molecule has 0 bridgehead atoms. The van der Waals surface area contributed by atoms with Crippen molar-refractivity contribution in [3.8, 4) is 0 Å². The molecule has 0 radical (unpaired) electrons. The van der Waals surface area contributed by atoms with E-state index in [1.54, 1.807) is 29.2 Å². The summed E-state index contributed by atoms with van der Waals surface area (Å²) in [6.45, 7) is 0.724. The van der Waals surface area contributed by atoms with E-state index >= 15 is 0 Å². The van der Waals surface area contributed by atoms with Crippen molar-refractivity contribution in [1.29, 1.82) is 0 Å². The second kappa shape index (κ2) is 7.87. The Morgan fingerprint density at radius 2 is 1.56 bits per heavy atom. The number of carbonyl (C=O) groups is 4. The summed E-state index contributed by atoms with van der Waals surface area (Å²) in [6, 6.07) is 6.17. The smallest absolute Gasteiger partial charge is 0.323 e. The monoisotopic (exact) mass is 374 g/mol. The van der Waals surface area contributed by atoms with Crippen LogP contribution in [0.5, 0.6) is 0 Å². The van der Waals surface area contributed by atoms with E-state index in [1.807, 2.05) is 0 Å². The summed E-state index contributed by atoms with van der Waals surface area (Å²) in [5, 5.41) is 0. The molecule has 2 aliphatic rings. The van der Waals surface area contributed by atoms with Crippen LogP contribution < -0.4 is 0 Å². The van der Waals surface area contributed by atoms with Gasteiger partial charge in [0.25, 0.3) is 11.8 Å². The number of piperidine rings is 1. The summed E-state index contributed by atoms with van der Waals surface area (Å²) in [7, 11) is 2.65. The molecule has 2 amide bonds. The molecule has 2 unspecified atom stereocenters. The second-order valence-electron chi connectivity index (χ2n) is 6.64. The Balaban J connectivity index is 1.71. The van der Waals surface area contributed by atoms with Crippen molar-refractivity contribution in [2.45, 2.75) is 18.9 Å². The first-order valence-corrected chi connectivity index (χ1v) is 8.82. The number of carbonyl (C=O) groups excluding carboxylic acids is 4. The zero-order chi connectivity index (χ0) is 19.6. The third-order valence-electron chi connectivity index (χ3n) is 5.18. The lowest BCUT2D eigenvalue weighted by molar-refractivity contribution is -0.155. The number of likely N-dealkylation sites (tertiary alicyclic amines) is 1. The Bertz CT molecular complexity index is 742. The molecule has 1 saturated heterocycles. The third-order valence-corrected chi connectivity index (χ3v) is 5.18. The molecule has 1 aromatic carbocycles. The Morgan fingerprint density at radius 3 is 2.11 bits per heavy atom.